The van der Waals surface area contributed by atoms with E-state index in [-0.39, 0.29) is 23.7 Å². The molecule has 0 aromatic rings. The van der Waals surface area contributed by atoms with Crippen LogP contribution in [0.5, 0.6) is 0 Å². The SMILES string of the molecule is OC1(C2(O)[C@@H]3C=CC4C=C[C@H]2C43)[C@@H]2C=CC3C=C[C@H]1C32. The van der Waals surface area contributed by atoms with Gasteiger partial charge < -0.3 is 10.2 Å². The third-order valence-corrected chi connectivity index (χ3v) is 7.38. The fourth-order valence-electron chi connectivity index (χ4n) is 6.59. The van der Waals surface area contributed by atoms with E-state index in [1.54, 1.807) is 0 Å². The number of rotatable bonds is 1. The predicted octanol–water partition coefficient (Wildman–Crippen LogP) is 1.68. The summed E-state index contributed by atoms with van der Waals surface area (Å²) in [5.74, 6) is 2.57. The van der Waals surface area contributed by atoms with Gasteiger partial charge >= 0.3 is 0 Å². The zero-order valence-electron chi connectivity index (χ0n) is 11.1. The Morgan fingerprint density at radius 1 is 0.500 bits per heavy atom. The highest BCUT2D eigenvalue weighted by Crippen LogP contribution is 2.73. The van der Waals surface area contributed by atoms with Crippen LogP contribution in [0.15, 0.2) is 48.6 Å². The van der Waals surface area contributed by atoms with Crippen LogP contribution in [0, 0.1) is 47.3 Å². The molecule has 0 aliphatic heterocycles. The van der Waals surface area contributed by atoms with Gasteiger partial charge in [0.05, 0.1) is 0 Å². The smallest absolute Gasteiger partial charge is 0.108 e. The van der Waals surface area contributed by atoms with Crippen molar-refractivity contribution in [2.75, 3.05) is 0 Å². The molecule has 20 heavy (non-hydrogen) atoms. The van der Waals surface area contributed by atoms with Gasteiger partial charge in [-0.25, -0.2) is 0 Å². The monoisotopic (exact) mass is 266 g/mol. The van der Waals surface area contributed by atoms with Crippen molar-refractivity contribution in [3.8, 4) is 0 Å². The predicted molar refractivity (Wildman–Crippen MR) is 74.4 cm³/mol. The van der Waals surface area contributed by atoms with Crippen molar-refractivity contribution in [2.45, 2.75) is 11.2 Å². The molecule has 0 spiro atoms. The van der Waals surface area contributed by atoms with E-state index >= 15 is 0 Å². The summed E-state index contributed by atoms with van der Waals surface area (Å²) in [7, 11) is 0. The summed E-state index contributed by atoms with van der Waals surface area (Å²) >= 11 is 0. The maximum Gasteiger partial charge on any atom is 0.108 e. The summed E-state index contributed by atoms with van der Waals surface area (Å²) in [5.41, 5.74) is -1.93. The molecular formula is C18H18O2. The molecule has 102 valence electrons. The van der Waals surface area contributed by atoms with E-state index in [0.29, 0.717) is 23.7 Å². The van der Waals surface area contributed by atoms with Gasteiger partial charge in [0.25, 0.3) is 0 Å². The van der Waals surface area contributed by atoms with Crippen LogP contribution < -0.4 is 0 Å². The van der Waals surface area contributed by atoms with Crippen molar-refractivity contribution < 1.29 is 10.2 Å². The quantitative estimate of drug-likeness (QED) is 0.709. The summed E-state index contributed by atoms with van der Waals surface area (Å²) in [6.07, 6.45) is 17.5. The lowest BCUT2D eigenvalue weighted by Crippen LogP contribution is -2.81. The van der Waals surface area contributed by atoms with Gasteiger partial charge in [-0.2, -0.15) is 0 Å². The molecule has 0 saturated heterocycles. The second-order valence-electron chi connectivity index (χ2n) is 7.60. The zero-order chi connectivity index (χ0) is 13.3. The Kier molecular flexibility index (Phi) is 1.47. The minimum Gasteiger partial charge on any atom is -0.386 e. The van der Waals surface area contributed by atoms with E-state index in [0.717, 1.165) is 0 Å². The lowest BCUT2D eigenvalue weighted by Gasteiger charge is -2.69. The van der Waals surface area contributed by atoms with Gasteiger partial charge in [0.1, 0.15) is 11.2 Å². The summed E-state index contributed by atoms with van der Waals surface area (Å²) in [6, 6.07) is 0. The summed E-state index contributed by atoms with van der Waals surface area (Å²) in [6.45, 7) is 0. The van der Waals surface area contributed by atoms with Gasteiger partial charge in [0, 0.05) is 23.7 Å². The van der Waals surface area contributed by atoms with E-state index in [9.17, 15) is 10.2 Å². The highest BCUT2D eigenvalue weighted by molar-refractivity contribution is 5.46. The fraction of sp³-hybridized carbons (Fsp3) is 0.556. The molecule has 10 atom stereocenters. The van der Waals surface area contributed by atoms with Crippen LogP contribution in [0.3, 0.4) is 0 Å². The van der Waals surface area contributed by atoms with E-state index in [1.807, 2.05) is 0 Å². The zero-order valence-corrected chi connectivity index (χ0v) is 11.1. The van der Waals surface area contributed by atoms with Crippen LogP contribution in [0.4, 0.5) is 0 Å². The molecule has 2 nitrogen and oxygen atoms in total. The number of aliphatic hydroxyl groups is 2. The van der Waals surface area contributed by atoms with Crippen molar-refractivity contribution in [3.63, 3.8) is 0 Å². The number of hydrogen-bond acceptors (Lipinski definition) is 2. The van der Waals surface area contributed by atoms with Crippen LogP contribution >= 0.6 is 0 Å². The molecule has 0 aromatic heterocycles. The highest BCUT2D eigenvalue weighted by atomic mass is 16.4. The molecule has 6 unspecified atom stereocenters. The Bertz CT molecular complexity index is 540. The maximum atomic E-state index is 11.5. The van der Waals surface area contributed by atoms with Crippen LogP contribution in [0.25, 0.3) is 0 Å². The van der Waals surface area contributed by atoms with Gasteiger partial charge in [-0.3, -0.25) is 0 Å². The average Bonchev–Trinajstić information content (AvgIpc) is 3.09. The van der Waals surface area contributed by atoms with Gasteiger partial charge in [-0.15, -0.1) is 0 Å². The normalized spacial score (nSPS) is 69.1. The van der Waals surface area contributed by atoms with Gasteiger partial charge in [0.2, 0.25) is 0 Å². The third kappa shape index (κ3) is 0.739. The first kappa shape index (κ1) is 10.6. The first-order valence-electron chi connectivity index (χ1n) is 7.85. The van der Waals surface area contributed by atoms with Crippen LogP contribution in [0.1, 0.15) is 0 Å². The summed E-state index contributed by atoms with van der Waals surface area (Å²) in [4.78, 5) is 0. The molecule has 2 N–H and O–H groups in total. The molecule has 6 aliphatic rings. The topological polar surface area (TPSA) is 40.5 Å². The summed E-state index contributed by atoms with van der Waals surface area (Å²) < 4.78 is 0. The molecule has 0 heterocycles. The van der Waals surface area contributed by atoms with E-state index in [2.05, 4.69) is 48.6 Å². The Morgan fingerprint density at radius 3 is 1.10 bits per heavy atom. The minimum atomic E-state index is -0.963. The molecule has 2 saturated carbocycles. The van der Waals surface area contributed by atoms with Crippen molar-refractivity contribution >= 4 is 0 Å². The molecular weight excluding hydrogens is 248 g/mol. The van der Waals surface area contributed by atoms with Crippen molar-refractivity contribution in [2.24, 2.45) is 47.3 Å². The van der Waals surface area contributed by atoms with E-state index in [4.69, 9.17) is 0 Å². The Morgan fingerprint density at radius 2 is 0.800 bits per heavy atom. The second-order valence-corrected chi connectivity index (χ2v) is 7.60. The lowest BCUT2D eigenvalue weighted by atomic mass is 9.38. The van der Waals surface area contributed by atoms with E-state index in [1.165, 1.54) is 0 Å². The molecule has 0 radical (unpaired) electrons. The first-order chi connectivity index (χ1) is 9.67. The molecule has 2 heteroatoms. The average molecular weight is 266 g/mol. The molecule has 0 aromatic carbocycles. The Hall–Kier alpha value is -1.12. The molecule has 2 fully saturated rings. The Labute approximate surface area is 118 Å². The van der Waals surface area contributed by atoms with Crippen molar-refractivity contribution in [1.82, 2.24) is 0 Å². The largest absolute Gasteiger partial charge is 0.386 e. The van der Waals surface area contributed by atoms with Gasteiger partial charge in [-0.05, 0) is 23.7 Å². The molecule has 0 bridgehead atoms. The van der Waals surface area contributed by atoms with Crippen molar-refractivity contribution in [3.05, 3.63) is 48.6 Å². The maximum absolute atomic E-state index is 11.5. The minimum absolute atomic E-state index is 0.139. The van der Waals surface area contributed by atoms with Crippen LogP contribution in [-0.2, 0) is 0 Å². The fourth-order valence-corrected chi connectivity index (χ4v) is 6.59. The number of hydrogen-bond donors (Lipinski definition) is 2. The first-order valence-corrected chi connectivity index (χ1v) is 7.85. The molecule has 6 rings (SSSR count). The molecule has 0 amide bonds. The van der Waals surface area contributed by atoms with Crippen molar-refractivity contribution in [1.29, 1.82) is 0 Å². The Balaban J connectivity index is 1.51. The standard InChI is InChI=1S/C18H18O2/c19-17(11-5-1-9-2-6-12(17)15(9)11)18(20)13-7-3-10-4-8-14(18)16(10)13/h1-16,19-20H/t9?,10?,11-,12+,13-,14+,15?,16?,17?,18?. The summed E-state index contributed by atoms with van der Waals surface area (Å²) in [5, 5.41) is 23.0. The highest BCUT2D eigenvalue weighted by Gasteiger charge is 2.80. The van der Waals surface area contributed by atoms with Gasteiger partial charge in [-0.1, -0.05) is 48.6 Å². The molecule has 6 aliphatic carbocycles. The van der Waals surface area contributed by atoms with Crippen LogP contribution in [0.2, 0.25) is 0 Å². The second kappa shape index (κ2) is 2.77. The lowest BCUT2D eigenvalue weighted by molar-refractivity contribution is -0.331. The van der Waals surface area contributed by atoms with Crippen LogP contribution in [-0.4, -0.2) is 21.4 Å². The van der Waals surface area contributed by atoms with Gasteiger partial charge in [0.15, 0.2) is 0 Å². The van der Waals surface area contributed by atoms with E-state index < -0.39 is 11.2 Å². The number of allylic oxidation sites excluding steroid dienone is 4. The third-order valence-electron chi connectivity index (χ3n) is 7.38.